The lowest BCUT2D eigenvalue weighted by Crippen LogP contribution is -2.36. The Bertz CT molecular complexity index is 516. The summed E-state index contributed by atoms with van der Waals surface area (Å²) in [5.74, 6) is 0.180. The Kier molecular flexibility index (Phi) is 2.70. The van der Waals surface area contributed by atoms with E-state index in [4.69, 9.17) is 11.6 Å². The quantitative estimate of drug-likeness (QED) is 0.840. The minimum atomic E-state index is -0.537. The minimum absolute atomic E-state index is 0.105. The average molecular weight is 266 g/mol. The maximum atomic E-state index is 12.1. The molecule has 1 aliphatic heterocycles. The number of hydrogen-bond acceptors (Lipinski definition) is 4. The molecule has 1 aromatic rings. The second-order valence-electron chi connectivity index (χ2n) is 4.57. The summed E-state index contributed by atoms with van der Waals surface area (Å²) in [6, 6.07) is 2.99. The van der Waals surface area contributed by atoms with Gasteiger partial charge in [0.05, 0.1) is 11.4 Å². The summed E-state index contributed by atoms with van der Waals surface area (Å²) in [4.78, 5) is 29.3. The minimum Gasteiger partial charge on any atom is -0.357 e. The van der Waals surface area contributed by atoms with Crippen molar-refractivity contribution in [3.05, 3.63) is 23.4 Å². The Labute approximate surface area is 109 Å². The van der Waals surface area contributed by atoms with Gasteiger partial charge in [0, 0.05) is 12.2 Å². The fraction of sp³-hybridized carbons (Fsp3) is 0.417. The van der Waals surface area contributed by atoms with Crippen LogP contribution in [-0.2, 0) is 9.59 Å². The second-order valence-corrected chi connectivity index (χ2v) is 4.98. The summed E-state index contributed by atoms with van der Waals surface area (Å²) in [5, 5.41) is 3.39. The van der Waals surface area contributed by atoms with Crippen molar-refractivity contribution in [2.45, 2.75) is 31.3 Å². The molecule has 0 bridgehead atoms. The van der Waals surface area contributed by atoms with E-state index in [1.54, 1.807) is 18.3 Å². The lowest BCUT2D eigenvalue weighted by Gasteiger charge is -2.15. The number of aromatic nitrogens is 1. The van der Waals surface area contributed by atoms with Crippen molar-refractivity contribution in [1.29, 1.82) is 0 Å². The first-order valence-corrected chi connectivity index (χ1v) is 6.27. The molecule has 2 amide bonds. The predicted molar refractivity (Wildman–Crippen MR) is 66.1 cm³/mol. The number of amides is 2. The lowest BCUT2D eigenvalue weighted by atomic mass is 10.2. The molecule has 18 heavy (non-hydrogen) atoms. The highest BCUT2D eigenvalue weighted by molar-refractivity contribution is 6.33. The standard InChI is InChI=1S/C12H12ClN3O2/c13-8-2-1-5-14-11(8)15-9-6-10(17)16(12(9)18)7-3-4-7/h1-2,5,7,9H,3-4,6H2,(H,14,15). The Hall–Kier alpha value is -1.62. The molecule has 1 N–H and O–H groups in total. The molecule has 2 aliphatic rings. The summed E-state index contributed by atoms with van der Waals surface area (Å²) in [5.41, 5.74) is 0. The first-order chi connectivity index (χ1) is 8.66. The largest absolute Gasteiger partial charge is 0.357 e. The number of nitrogens with one attached hydrogen (secondary N) is 1. The van der Waals surface area contributed by atoms with Gasteiger partial charge in [-0.3, -0.25) is 14.5 Å². The third kappa shape index (κ3) is 1.95. The van der Waals surface area contributed by atoms with Crippen LogP contribution in [0.1, 0.15) is 19.3 Å². The van der Waals surface area contributed by atoms with E-state index >= 15 is 0 Å². The third-order valence-electron chi connectivity index (χ3n) is 3.16. The average Bonchev–Trinajstić information content (AvgIpc) is 3.11. The van der Waals surface area contributed by atoms with Crippen LogP contribution in [0.2, 0.25) is 5.02 Å². The first kappa shape index (κ1) is 11.5. The predicted octanol–water partition coefficient (Wildman–Crippen LogP) is 1.44. The molecule has 5 nitrogen and oxygen atoms in total. The maximum Gasteiger partial charge on any atom is 0.252 e. The molecule has 2 fully saturated rings. The van der Waals surface area contributed by atoms with Crippen molar-refractivity contribution in [2.75, 3.05) is 5.32 Å². The maximum absolute atomic E-state index is 12.1. The number of pyridine rings is 1. The fourth-order valence-corrected chi connectivity index (χ4v) is 2.31. The molecular weight excluding hydrogens is 254 g/mol. The molecule has 6 heteroatoms. The van der Waals surface area contributed by atoms with Crippen molar-refractivity contribution in [3.63, 3.8) is 0 Å². The Morgan fingerprint density at radius 2 is 2.17 bits per heavy atom. The van der Waals surface area contributed by atoms with Crippen LogP contribution in [0.4, 0.5) is 5.82 Å². The fourth-order valence-electron chi connectivity index (χ4n) is 2.14. The first-order valence-electron chi connectivity index (χ1n) is 5.90. The summed E-state index contributed by atoms with van der Waals surface area (Å²) in [7, 11) is 0. The van der Waals surface area contributed by atoms with Crippen LogP contribution in [0.15, 0.2) is 18.3 Å². The van der Waals surface area contributed by atoms with Gasteiger partial charge in [-0.15, -0.1) is 0 Å². The zero-order chi connectivity index (χ0) is 12.7. The molecule has 1 unspecified atom stereocenters. The SMILES string of the molecule is O=C1CC(Nc2ncccc2Cl)C(=O)N1C1CC1. The molecule has 1 saturated heterocycles. The number of carbonyl (C=O) groups is 2. The van der Waals surface area contributed by atoms with E-state index in [2.05, 4.69) is 10.3 Å². The molecule has 1 atom stereocenters. The summed E-state index contributed by atoms with van der Waals surface area (Å²) >= 11 is 5.96. The van der Waals surface area contributed by atoms with Gasteiger partial charge in [-0.25, -0.2) is 4.98 Å². The van der Waals surface area contributed by atoms with Crippen molar-refractivity contribution >= 4 is 29.2 Å². The van der Waals surface area contributed by atoms with Crippen molar-refractivity contribution < 1.29 is 9.59 Å². The third-order valence-corrected chi connectivity index (χ3v) is 3.47. The van der Waals surface area contributed by atoms with E-state index in [9.17, 15) is 9.59 Å². The van der Waals surface area contributed by atoms with E-state index in [1.807, 2.05) is 0 Å². The number of hydrogen-bond donors (Lipinski definition) is 1. The normalized spacial score (nSPS) is 23.6. The molecule has 1 aliphatic carbocycles. The van der Waals surface area contributed by atoms with Gasteiger partial charge in [-0.05, 0) is 25.0 Å². The number of carbonyl (C=O) groups excluding carboxylic acids is 2. The van der Waals surface area contributed by atoms with Gasteiger partial charge in [0.1, 0.15) is 11.9 Å². The van der Waals surface area contributed by atoms with Gasteiger partial charge in [0.2, 0.25) is 5.91 Å². The van der Waals surface area contributed by atoms with Crippen LogP contribution in [0.5, 0.6) is 0 Å². The van der Waals surface area contributed by atoms with Gasteiger partial charge < -0.3 is 5.32 Å². The highest BCUT2D eigenvalue weighted by atomic mass is 35.5. The Morgan fingerprint density at radius 3 is 2.83 bits per heavy atom. The molecule has 2 heterocycles. The van der Waals surface area contributed by atoms with Gasteiger partial charge in [-0.2, -0.15) is 0 Å². The van der Waals surface area contributed by atoms with Crippen molar-refractivity contribution in [3.8, 4) is 0 Å². The number of likely N-dealkylation sites (tertiary alicyclic amines) is 1. The number of imide groups is 1. The molecular formula is C12H12ClN3O2. The van der Waals surface area contributed by atoms with Crippen LogP contribution < -0.4 is 5.32 Å². The Morgan fingerprint density at radius 1 is 1.39 bits per heavy atom. The monoisotopic (exact) mass is 265 g/mol. The van der Waals surface area contributed by atoms with Gasteiger partial charge in [0.15, 0.2) is 0 Å². The highest BCUT2D eigenvalue weighted by Gasteiger charge is 2.46. The summed E-state index contributed by atoms with van der Waals surface area (Å²) < 4.78 is 0. The number of nitrogens with zero attached hydrogens (tertiary/aromatic N) is 2. The highest BCUT2D eigenvalue weighted by Crippen LogP contribution is 2.32. The van der Waals surface area contributed by atoms with E-state index in [1.165, 1.54) is 4.90 Å². The van der Waals surface area contributed by atoms with E-state index < -0.39 is 6.04 Å². The molecule has 3 rings (SSSR count). The lowest BCUT2D eigenvalue weighted by molar-refractivity contribution is -0.139. The smallest absolute Gasteiger partial charge is 0.252 e. The molecule has 1 aromatic heterocycles. The van der Waals surface area contributed by atoms with Crippen LogP contribution in [-0.4, -0.2) is 33.8 Å². The second kappa shape index (κ2) is 4.24. The van der Waals surface area contributed by atoms with Gasteiger partial charge >= 0.3 is 0 Å². The van der Waals surface area contributed by atoms with Gasteiger partial charge in [0.25, 0.3) is 5.91 Å². The zero-order valence-electron chi connectivity index (χ0n) is 9.60. The van der Waals surface area contributed by atoms with Crippen LogP contribution >= 0.6 is 11.6 Å². The van der Waals surface area contributed by atoms with E-state index in [-0.39, 0.29) is 24.3 Å². The molecule has 1 saturated carbocycles. The molecule has 0 aromatic carbocycles. The van der Waals surface area contributed by atoms with Crippen LogP contribution in [0.3, 0.4) is 0 Å². The molecule has 94 valence electrons. The molecule has 0 spiro atoms. The zero-order valence-corrected chi connectivity index (χ0v) is 10.4. The van der Waals surface area contributed by atoms with Crippen LogP contribution in [0.25, 0.3) is 0 Å². The number of anilines is 1. The topological polar surface area (TPSA) is 62.3 Å². The summed E-state index contributed by atoms with van der Waals surface area (Å²) in [6.07, 6.45) is 3.62. The Balaban J connectivity index is 1.76. The van der Waals surface area contributed by atoms with E-state index in [0.29, 0.717) is 10.8 Å². The number of rotatable bonds is 3. The van der Waals surface area contributed by atoms with Crippen molar-refractivity contribution in [2.24, 2.45) is 0 Å². The number of halogens is 1. The van der Waals surface area contributed by atoms with E-state index in [0.717, 1.165) is 12.8 Å². The van der Waals surface area contributed by atoms with Crippen molar-refractivity contribution in [1.82, 2.24) is 9.88 Å². The van der Waals surface area contributed by atoms with Gasteiger partial charge in [-0.1, -0.05) is 11.6 Å². The summed E-state index contributed by atoms with van der Waals surface area (Å²) in [6.45, 7) is 0. The van der Waals surface area contributed by atoms with Crippen LogP contribution in [0, 0.1) is 0 Å². The molecule has 0 radical (unpaired) electrons.